The molecule has 8 heteroatoms. The number of carbonyl (C=O) groups excluding carboxylic acids is 3. The van der Waals surface area contributed by atoms with Crippen LogP contribution in [0.15, 0.2) is 24.3 Å². The monoisotopic (exact) mass is 415 g/mol. The average Bonchev–Trinajstić information content (AvgIpc) is 3.27. The highest BCUT2D eigenvalue weighted by molar-refractivity contribution is 8.00. The lowest BCUT2D eigenvalue weighted by atomic mass is 10.0. The van der Waals surface area contributed by atoms with E-state index in [2.05, 4.69) is 21.9 Å². The van der Waals surface area contributed by atoms with E-state index in [0.29, 0.717) is 23.8 Å². The molecule has 2 aliphatic heterocycles. The van der Waals surface area contributed by atoms with Gasteiger partial charge in [-0.15, -0.1) is 6.42 Å². The molecule has 3 N–H and O–H groups in total. The first-order valence-corrected chi connectivity index (χ1v) is 10.8. The van der Waals surface area contributed by atoms with Crippen LogP contribution in [-0.2, 0) is 16.1 Å². The third kappa shape index (κ3) is 5.91. The molecule has 3 rings (SSSR count). The Labute approximate surface area is 174 Å². The van der Waals surface area contributed by atoms with Crippen molar-refractivity contribution in [2.75, 3.05) is 12.4 Å². The minimum atomic E-state index is -0.460. The molecule has 29 heavy (non-hydrogen) atoms. The van der Waals surface area contributed by atoms with E-state index in [1.807, 2.05) is 11.8 Å². The van der Waals surface area contributed by atoms with E-state index in [9.17, 15) is 14.4 Å². The number of esters is 1. The SMILES string of the molecule is C#CCOC(=O)c1ccc(CNC(=O)CCCC[C@@H]2SC[C@@H]3NC(=O)N[C@@H]32)cc1. The Morgan fingerprint density at radius 1 is 1.24 bits per heavy atom. The van der Waals surface area contributed by atoms with E-state index in [0.717, 1.165) is 30.6 Å². The summed E-state index contributed by atoms with van der Waals surface area (Å²) in [5.41, 5.74) is 1.33. The van der Waals surface area contributed by atoms with Gasteiger partial charge in [0.25, 0.3) is 0 Å². The van der Waals surface area contributed by atoms with Crippen molar-refractivity contribution in [2.24, 2.45) is 0 Å². The minimum Gasteiger partial charge on any atom is -0.449 e. The third-order valence-corrected chi connectivity index (χ3v) is 6.56. The van der Waals surface area contributed by atoms with Crippen molar-refractivity contribution in [1.82, 2.24) is 16.0 Å². The third-order valence-electron chi connectivity index (χ3n) is 5.05. The molecule has 3 atom stereocenters. The Kier molecular flexibility index (Phi) is 7.42. The molecule has 2 saturated heterocycles. The Morgan fingerprint density at radius 2 is 2.03 bits per heavy atom. The normalized spacial score (nSPS) is 22.2. The maximum absolute atomic E-state index is 12.1. The molecule has 2 fully saturated rings. The van der Waals surface area contributed by atoms with Gasteiger partial charge in [0.05, 0.1) is 17.6 Å². The van der Waals surface area contributed by atoms with Crippen LogP contribution in [0.25, 0.3) is 0 Å². The number of fused-ring (bicyclic) bond motifs is 1. The van der Waals surface area contributed by atoms with E-state index >= 15 is 0 Å². The van der Waals surface area contributed by atoms with Crippen LogP contribution in [0.2, 0.25) is 0 Å². The fourth-order valence-electron chi connectivity index (χ4n) is 3.51. The predicted molar refractivity (Wildman–Crippen MR) is 111 cm³/mol. The first-order chi connectivity index (χ1) is 14.1. The molecular weight excluding hydrogens is 390 g/mol. The maximum Gasteiger partial charge on any atom is 0.339 e. The number of hydrogen-bond donors (Lipinski definition) is 3. The zero-order valence-corrected chi connectivity index (χ0v) is 16.9. The van der Waals surface area contributed by atoms with Crippen molar-refractivity contribution in [3.05, 3.63) is 35.4 Å². The van der Waals surface area contributed by atoms with Crippen molar-refractivity contribution >= 4 is 29.7 Å². The van der Waals surface area contributed by atoms with Crippen LogP contribution >= 0.6 is 11.8 Å². The Morgan fingerprint density at radius 3 is 2.79 bits per heavy atom. The standard InChI is InChI=1S/C21H25N3O4S/c1-2-11-28-20(26)15-9-7-14(8-10-15)12-22-18(25)6-4-3-5-17-19-16(13-29-17)23-21(27)24-19/h1,7-10,16-17,19H,3-6,11-13H2,(H,22,25)(H2,23,24,27)/t16-,17-,19-/m0/s1. The lowest BCUT2D eigenvalue weighted by molar-refractivity contribution is -0.121. The van der Waals surface area contributed by atoms with Gasteiger partial charge in [0.15, 0.2) is 6.61 Å². The van der Waals surface area contributed by atoms with Gasteiger partial charge in [0.2, 0.25) is 5.91 Å². The second kappa shape index (κ2) is 10.2. The smallest absolute Gasteiger partial charge is 0.339 e. The fraction of sp³-hybridized carbons (Fsp3) is 0.476. The minimum absolute atomic E-state index is 0.00953. The molecule has 0 spiro atoms. The molecular formula is C21H25N3O4S. The molecule has 154 valence electrons. The maximum atomic E-state index is 12.1. The van der Waals surface area contributed by atoms with Crippen LogP contribution < -0.4 is 16.0 Å². The van der Waals surface area contributed by atoms with E-state index in [1.165, 1.54) is 0 Å². The fourth-order valence-corrected chi connectivity index (χ4v) is 5.06. The molecule has 0 saturated carbocycles. The van der Waals surface area contributed by atoms with Crippen LogP contribution in [0.1, 0.15) is 41.6 Å². The van der Waals surface area contributed by atoms with Gasteiger partial charge in [-0.3, -0.25) is 4.79 Å². The lowest BCUT2D eigenvalue weighted by Crippen LogP contribution is -2.36. The molecule has 7 nitrogen and oxygen atoms in total. The van der Waals surface area contributed by atoms with Gasteiger partial charge in [-0.1, -0.05) is 24.5 Å². The molecule has 1 aromatic carbocycles. The van der Waals surface area contributed by atoms with E-state index in [-0.39, 0.29) is 30.6 Å². The summed E-state index contributed by atoms with van der Waals surface area (Å²) in [6.07, 6.45) is 8.32. The molecule has 0 unspecified atom stereocenters. The molecule has 0 aromatic heterocycles. The summed E-state index contributed by atoms with van der Waals surface area (Å²) in [6.45, 7) is 0.362. The summed E-state index contributed by atoms with van der Waals surface area (Å²) < 4.78 is 4.87. The molecule has 1 aromatic rings. The second-order valence-corrected chi connectivity index (χ2v) is 8.39. The number of terminal acetylenes is 1. The number of benzene rings is 1. The van der Waals surface area contributed by atoms with Gasteiger partial charge >= 0.3 is 12.0 Å². The number of thioether (sulfide) groups is 1. The summed E-state index contributed by atoms with van der Waals surface area (Å²) in [7, 11) is 0. The Balaban J connectivity index is 1.30. The van der Waals surface area contributed by atoms with Crippen molar-refractivity contribution < 1.29 is 19.1 Å². The van der Waals surface area contributed by atoms with Crippen LogP contribution in [0.3, 0.4) is 0 Å². The van der Waals surface area contributed by atoms with Gasteiger partial charge < -0.3 is 20.7 Å². The molecule has 0 radical (unpaired) electrons. The largest absolute Gasteiger partial charge is 0.449 e. The highest BCUT2D eigenvalue weighted by Gasteiger charge is 2.42. The number of nitrogens with one attached hydrogen (secondary N) is 3. The molecule has 3 amide bonds. The quantitative estimate of drug-likeness (QED) is 0.247. The van der Waals surface area contributed by atoms with Crippen LogP contribution in [0.4, 0.5) is 4.79 Å². The first kappa shape index (κ1) is 21.1. The summed E-state index contributed by atoms with van der Waals surface area (Å²) in [5, 5.41) is 9.25. The summed E-state index contributed by atoms with van der Waals surface area (Å²) >= 11 is 1.89. The average molecular weight is 416 g/mol. The van der Waals surface area contributed by atoms with Gasteiger partial charge in [-0.25, -0.2) is 9.59 Å². The van der Waals surface area contributed by atoms with Crippen LogP contribution in [0, 0.1) is 12.3 Å². The number of ether oxygens (including phenoxy) is 1. The molecule has 2 heterocycles. The van der Waals surface area contributed by atoms with E-state index < -0.39 is 5.97 Å². The summed E-state index contributed by atoms with van der Waals surface area (Å²) in [6, 6.07) is 7.27. The van der Waals surface area contributed by atoms with Crippen molar-refractivity contribution in [2.45, 2.75) is 49.6 Å². The summed E-state index contributed by atoms with van der Waals surface area (Å²) in [4.78, 5) is 35.1. The highest BCUT2D eigenvalue weighted by Crippen LogP contribution is 2.33. The first-order valence-electron chi connectivity index (χ1n) is 9.71. The van der Waals surface area contributed by atoms with Crippen molar-refractivity contribution in [3.63, 3.8) is 0 Å². The van der Waals surface area contributed by atoms with Gasteiger partial charge in [-0.2, -0.15) is 11.8 Å². The zero-order chi connectivity index (χ0) is 20.6. The van der Waals surface area contributed by atoms with Gasteiger partial charge in [-0.05, 0) is 30.5 Å². The molecule has 2 aliphatic rings. The number of unbranched alkanes of at least 4 members (excludes halogenated alkanes) is 1. The number of rotatable bonds is 9. The summed E-state index contributed by atoms with van der Waals surface area (Å²) in [5.74, 6) is 2.75. The van der Waals surface area contributed by atoms with Crippen LogP contribution in [-0.4, -0.2) is 47.6 Å². The van der Waals surface area contributed by atoms with E-state index in [4.69, 9.17) is 11.2 Å². The Hall–Kier alpha value is -2.66. The van der Waals surface area contributed by atoms with E-state index in [1.54, 1.807) is 24.3 Å². The van der Waals surface area contributed by atoms with Crippen molar-refractivity contribution in [3.8, 4) is 12.3 Å². The van der Waals surface area contributed by atoms with Crippen LogP contribution in [0.5, 0.6) is 0 Å². The van der Waals surface area contributed by atoms with Gasteiger partial charge in [0, 0.05) is 24.0 Å². The molecule has 0 aliphatic carbocycles. The van der Waals surface area contributed by atoms with Crippen molar-refractivity contribution in [1.29, 1.82) is 0 Å². The molecule has 0 bridgehead atoms. The number of hydrogen-bond acceptors (Lipinski definition) is 5. The number of urea groups is 1. The van der Waals surface area contributed by atoms with Gasteiger partial charge in [0.1, 0.15) is 0 Å². The topological polar surface area (TPSA) is 96.5 Å². The highest BCUT2D eigenvalue weighted by atomic mass is 32.2. The Bertz CT molecular complexity index is 790. The lowest BCUT2D eigenvalue weighted by Gasteiger charge is -2.16. The predicted octanol–water partition coefficient (Wildman–Crippen LogP) is 1.82. The number of carbonyl (C=O) groups is 3. The number of amides is 3. The second-order valence-electron chi connectivity index (χ2n) is 7.12. The zero-order valence-electron chi connectivity index (χ0n) is 16.1.